The van der Waals surface area contributed by atoms with Crippen molar-refractivity contribution in [3.05, 3.63) is 0 Å². The lowest BCUT2D eigenvalue weighted by Gasteiger charge is -2.30. The predicted octanol–water partition coefficient (Wildman–Crippen LogP) is 1.14. The standard InChI is InChI=1S/C13H24N2O2/c14-10-11(9-12-5-4-8-17-12)13(16)15-6-2-1-3-7-15/h11-12H,1-10,14H2. The lowest BCUT2D eigenvalue weighted by molar-refractivity contribution is -0.137. The highest BCUT2D eigenvalue weighted by atomic mass is 16.5. The van der Waals surface area contributed by atoms with E-state index in [4.69, 9.17) is 10.5 Å². The highest BCUT2D eigenvalue weighted by Crippen LogP contribution is 2.22. The first-order valence-electron chi connectivity index (χ1n) is 6.91. The Kier molecular flexibility index (Phi) is 4.80. The number of carbonyl (C=O) groups is 1. The maximum Gasteiger partial charge on any atom is 0.227 e. The molecule has 2 rings (SSSR count). The number of nitrogens with zero attached hydrogens (tertiary/aromatic N) is 1. The van der Waals surface area contributed by atoms with Crippen LogP contribution in [0, 0.1) is 5.92 Å². The molecule has 0 radical (unpaired) electrons. The van der Waals surface area contributed by atoms with Crippen molar-refractivity contribution >= 4 is 5.91 Å². The zero-order chi connectivity index (χ0) is 12.1. The smallest absolute Gasteiger partial charge is 0.227 e. The van der Waals surface area contributed by atoms with E-state index in [1.54, 1.807) is 0 Å². The van der Waals surface area contributed by atoms with Gasteiger partial charge < -0.3 is 15.4 Å². The first-order valence-corrected chi connectivity index (χ1v) is 6.91. The maximum atomic E-state index is 12.3. The minimum absolute atomic E-state index is 0.0313. The molecule has 0 bridgehead atoms. The maximum absolute atomic E-state index is 12.3. The summed E-state index contributed by atoms with van der Waals surface area (Å²) >= 11 is 0. The zero-order valence-electron chi connectivity index (χ0n) is 10.6. The summed E-state index contributed by atoms with van der Waals surface area (Å²) in [6.45, 7) is 3.14. The van der Waals surface area contributed by atoms with Crippen LogP contribution in [0.25, 0.3) is 0 Å². The van der Waals surface area contributed by atoms with Gasteiger partial charge in [0.1, 0.15) is 0 Å². The fourth-order valence-electron chi connectivity index (χ4n) is 2.82. The predicted molar refractivity (Wildman–Crippen MR) is 66.6 cm³/mol. The number of ether oxygens (including phenoxy) is 1. The first-order chi connectivity index (χ1) is 8.31. The SMILES string of the molecule is NCC(CC1CCCO1)C(=O)N1CCCCC1. The lowest BCUT2D eigenvalue weighted by Crippen LogP contribution is -2.43. The van der Waals surface area contributed by atoms with Gasteiger partial charge in [0.05, 0.1) is 12.0 Å². The molecule has 0 aromatic rings. The molecule has 2 fully saturated rings. The van der Waals surface area contributed by atoms with Crippen LogP contribution in [0.1, 0.15) is 38.5 Å². The number of piperidine rings is 1. The highest BCUT2D eigenvalue weighted by molar-refractivity contribution is 5.79. The Morgan fingerprint density at radius 3 is 2.65 bits per heavy atom. The van der Waals surface area contributed by atoms with Gasteiger partial charge in [-0.2, -0.15) is 0 Å². The molecule has 2 atom stereocenters. The monoisotopic (exact) mass is 240 g/mol. The number of rotatable bonds is 4. The van der Waals surface area contributed by atoms with E-state index in [1.807, 2.05) is 4.90 Å². The number of nitrogens with two attached hydrogens (primary N) is 1. The molecular weight excluding hydrogens is 216 g/mol. The van der Waals surface area contributed by atoms with Gasteiger partial charge in [0.15, 0.2) is 0 Å². The zero-order valence-corrected chi connectivity index (χ0v) is 10.6. The van der Waals surface area contributed by atoms with E-state index in [2.05, 4.69) is 0 Å². The third-order valence-electron chi connectivity index (χ3n) is 3.87. The van der Waals surface area contributed by atoms with Crippen molar-refractivity contribution in [2.75, 3.05) is 26.2 Å². The fourth-order valence-corrected chi connectivity index (χ4v) is 2.82. The normalized spacial score (nSPS) is 27.1. The number of hydrogen-bond acceptors (Lipinski definition) is 3. The molecule has 0 aliphatic carbocycles. The highest BCUT2D eigenvalue weighted by Gasteiger charge is 2.28. The topological polar surface area (TPSA) is 55.6 Å². The van der Waals surface area contributed by atoms with Crippen LogP contribution in [-0.2, 0) is 9.53 Å². The number of likely N-dealkylation sites (tertiary alicyclic amines) is 1. The minimum Gasteiger partial charge on any atom is -0.378 e. The van der Waals surface area contributed by atoms with Crippen LogP contribution in [0.4, 0.5) is 0 Å². The molecule has 2 N–H and O–H groups in total. The van der Waals surface area contributed by atoms with E-state index in [9.17, 15) is 4.79 Å². The molecule has 0 spiro atoms. The van der Waals surface area contributed by atoms with E-state index in [0.717, 1.165) is 51.8 Å². The average Bonchev–Trinajstić information content (AvgIpc) is 2.89. The summed E-state index contributed by atoms with van der Waals surface area (Å²) in [7, 11) is 0. The molecule has 4 heteroatoms. The fraction of sp³-hybridized carbons (Fsp3) is 0.923. The van der Waals surface area contributed by atoms with E-state index in [-0.39, 0.29) is 17.9 Å². The summed E-state index contributed by atoms with van der Waals surface area (Å²) in [5.41, 5.74) is 5.76. The van der Waals surface area contributed by atoms with Crippen molar-refractivity contribution in [1.82, 2.24) is 4.90 Å². The van der Waals surface area contributed by atoms with Crippen molar-refractivity contribution in [3.8, 4) is 0 Å². The Hall–Kier alpha value is -0.610. The molecule has 2 aliphatic rings. The third kappa shape index (κ3) is 3.42. The number of amides is 1. The van der Waals surface area contributed by atoms with Crippen molar-refractivity contribution in [2.24, 2.45) is 11.7 Å². The van der Waals surface area contributed by atoms with E-state index in [1.165, 1.54) is 6.42 Å². The van der Waals surface area contributed by atoms with Gasteiger partial charge in [-0.15, -0.1) is 0 Å². The van der Waals surface area contributed by atoms with Crippen LogP contribution in [0.15, 0.2) is 0 Å². The molecule has 0 aromatic heterocycles. The molecule has 2 aliphatic heterocycles. The molecule has 17 heavy (non-hydrogen) atoms. The molecule has 2 heterocycles. The number of hydrogen-bond donors (Lipinski definition) is 1. The van der Waals surface area contributed by atoms with Gasteiger partial charge in [-0.1, -0.05) is 0 Å². The lowest BCUT2D eigenvalue weighted by atomic mass is 9.97. The van der Waals surface area contributed by atoms with Crippen LogP contribution in [0.3, 0.4) is 0 Å². The Morgan fingerprint density at radius 1 is 1.29 bits per heavy atom. The Morgan fingerprint density at radius 2 is 2.06 bits per heavy atom. The second-order valence-electron chi connectivity index (χ2n) is 5.19. The molecule has 98 valence electrons. The summed E-state index contributed by atoms with van der Waals surface area (Å²) in [5.74, 6) is 0.221. The Bertz CT molecular complexity index is 246. The molecule has 4 nitrogen and oxygen atoms in total. The summed E-state index contributed by atoms with van der Waals surface area (Å²) < 4.78 is 5.60. The second kappa shape index (κ2) is 6.36. The van der Waals surface area contributed by atoms with E-state index >= 15 is 0 Å². The van der Waals surface area contributed by atoms with E-state index < -0.39 is 0 Å². The van der Waals surface area contributed by atoms with E-state index in [0.29, 0.717) is 6.54 Å². The van der Waals surface area contributed by atoms with Crippen molar-refractivity contribution in [1.29, 1.82) is 0 Å². The summed E-state index contributed by atoms with van der Waals surface area (Å²) in [6, 6.07) is 0. The molecular formula is C13H24N2O2. The molecule has 0 aromatic carbocycles. The van der Waals surface area contributed by atoms with Crippen LogP contribution in [0.5, 0.6) is 0 Å². The van der Waals surface area contributed by atoms with Gasteiger partial charge in [0.2, 0.25) is 5.91 Å². The Labute approximate surface area is 103 Å². The van der Waals surface area contributed by atoms with Gasteiger partial charge in [0, 0.05) is 26.2 Å². The van der Waals surface area contributed by atoms with Gasteiger partial charge in [0.25, 0.3) is 0 Å². The third-order valence-corrected chi connectivity index (χ3v) is 3.87. The summed E-state index contributed by atoms with van der Waals surface area (Å²) in [5, 5.41) is 0. The van der Waals surface area contributed by atoms with Crippen molar-refractivity contribution in [3.63, 3.8) is 0 Å². The van der Waals surface area contributed by atoms with Crippen LogP contribution < -0.4 is 5.73 Å². The molecule has 0 saturated carbocycles. The van der Waals surface area contributed by atoms with Crippen LogP contribution >= 0.6 is 0 Å². The van der Waals surface area contributed by atoms with Gasteiger partial charge in [-0.3, -0.25) is 4.79 Å². The molecule has 1 amide bonds. The van der Waals surface area contributed by atoms with Crippen molar-refractivity contribution in [2.45, 2.75) is 44.6 Å². The molecule has 2 saturated heterocycles. The largest absolute Gasteiger partial charge is 0.378 e. The Balaban J connectivity index is 1.84. The quantitative estimate of drug-likeness (QED) is 0.802. The number of carbonyl (C=O) groups excluding carboxylic acids is 1. The average molecular weight is 240 g/mol. The van der Waals surface area contributed by atoms with Gasteiger partial charge in [-0.25, -0.2) is 0 Å². The van der Waals surface area contributed by atoms with Gasteiger partial charge in [-0.05, 0) is 38.5 Å². The van der Waals surface area contributed by atoms with Crippen molar-refractivity contribution < 1.29 is 9.53 Å². The van der Waals surface area contributed by atoms with Gasteiger partial charge >= 0.3 is 0 Å². The van der Waals surface area contributed by atoms with Crippen LogP contribution in [-0.4, -0.2) is 43.2 Å². The first kappa shape index (κ1) is 12.8. The summed E-state index contributed by atoms with van der Waals surface area (Å²) in [4.78, 5) is 14.3. The molecule has 2 unspecified atom stereocenters. The summed E-state index contributed by atoms with van der Waals surface area (Å²) in [6.07, 6.45) is 6.82. The van der Waals surface area contributed by atoms with Crippen LogP contribution in [0.2, 0.25) is 0 Å². The second-order valence-corrected chi connectivity index (χ2v) is 5.19. The minimum atomic E-state index is -0.0313.